The van der Waals surface area contributed by atoms with Gasteiger partial charge in [-0.1, -0.05) is 37.8 Å². The van der Waals surface area contributed by atoms with E-state index in [2.05, 4.69) is 0 Å². The molecule has 3 nitrogen and oxygen atoms in total. The molecule has 0 aromatic heterocycles. The Morgan fingerprint density at radius 1 is 1.06 bits per heavy atom. The molecule has 1 rings (SSSR count). The highest BCUT2D eigenvalue weighted by Crippen LogP contribution is 2.34. The lowest BCUT2D eigenvalue weighted by molar-refractivity contribution is -0.0434. The van der Waals surface area contributed by atoms with E-state index in [4.69, 9.17) is 0 Å². The Morgan fingerprint density at radius 3 is 1.83 bits per heavy atom. The van der Waals surface area contributed by atoms with E-state index in [1.165, 1.54) is 24.3 Å². The van der Waals surface area contributed by atoms with Crippen molar-refractivity contribution in [1.82, 2.24) is 0 Å². The number of hydrogen-bond donors (Lipinski definition) is 0. The zero-order chi connectivity index (χ0) is 14.2. The second-order valence-electron chi connectivity index (χ2n) is 4.72. The largest absolute Gasteiger partial charge is 0.515 e. The Bertz CT molecular complexity index is 508. The Morgan fingerprint density at radius 2 is 1.50 bits per heavy atom. The molecule has 0 atom stereocenters. The highest BCUT2D eigenvalue weighted by molar-refractivity contribution is 7.95. The summed E-state index contributed by atoms with van der Waals surface area (Å²) >= 11 is 0. The lowest BCUT2D eigenvalue weighted by atomic mass is 10.3. The summed E-state index contributed by atoms with van der Waals surface area (Å²) in [5, 5.41) is 0. The Hall–Kier alpha value is -1.02. The van der Waals surface area contributed by atoms with Gasteiger partial charge in [0.1, 0.15) is 0 Å². The van der Waals surface area contributed by atoms with E-state index in [0.29, 0.717) is 3.97 Å². The van der Waals surface area contributed by atoms with E-state index >= 15 is 0 Å². The monoisotopic (exact) mass is 297 g/mol. The van der Waals surface area contributed by atoms with Crippen molar-refractivity contribution in [3.05, 3.63) is 30.3 Å². The number of para-hydroxylation sites is 1. The van der Waals surface area contributed by atoms with E-state index in [1.54, 1.807) is 25.7 Å². The van der Waals surface area contributed by atoms with Crippen LogP contribution in [0.5, 0.6) is 0 Å². The molecule has 0 heterocycles. The van der Waals surface area contributed by atoms with E-state index in [0.717, 1.165) is 0 Å². The summed E-state index contributed by atoms with van der Waals surface area (Å²) in [5.41, 5.74) is -5.24. The molecule has 0 fully saturated rings. The van der Waals surface area contributed by atoms with Crippen LogP contribution < -0.4 is 3.97 Å². The molecule has 0 aliphatic heterocycles. The zero-order valence-corrected chi connectivity index (χ0v) is 12.0. The molecule has 0 bridgehead atoms. The molecule has 1 aromatic rings. The highest BCUT2D eigenvalue weighted by atomic mass is 32.2. The van der Waals surface area contributed by atoms with Gasteiger partial charge in [0.15, 0.2) is 8.24 Å². The number of nitrogens with zero attached hydrogens (tertiary/aromatic N) is 1. The third-order valence-electron chi connectivity index (χ3n) is 2.13. The maximum Gasteiger partial charge on any atom is 0.515 e. The maximum atomic E-state index is 12.7. The molecule has 18 heavy (non-hydrogen) atoms. The fourth-order valence-electron chi connectivity index (χ4n) is 1.55. The molecule has 0 spiro atoms. The average Bonchev–Trinajstić information content (AvgIpc) is 2.14. The topological polar surface area (TPSA) is 37.4 Å². The first-order chi connectivity index (χ1) is 7.98. The fourth-order valence-corrected chi connectivity index (χ4v) is 6.28. The molecular formula is C10H14F3NO2SSi. The standard InChI is InChI=1S/C10H14F3NO2SSi/c1-18(2,3)14(9-7-5-4-6-8-9)17(15,16)10(11,12)13/h4-8H,1-3H3. The van der Waals surface area contributed by atoms with Gasteiger partial charge >= 0.3 is 15.5 Å². The molecule has 102 valence electrons. The van der Waals surface area contributed by atoms with Crippen molar-refractivity contribution in [1.29, 1.82) is 0 Å². The van der Waals surface area contributed by atoms with Gasteiger partial charge in [0.25, 0.3) is 0 Å². The van der Waals surface area contributed by atoms with Gasteiger partial charge in [0.05, 0.1) is 0 Å². The molecule has 0 radical (unpaired) electrons. The van der Waals surface area contributed by atoms with Crippen LogP contribution in [0.3, 0.4) is 0 Å². The smallest absolute Gasteiger partial charge is 0.292 e. The lowest BCUT2D eigenvalue weighted by Gasteiger charge is -2.35. The molecule has 0 unspecified atom stereocenters. The minimum Gasteiger partial charge on any atom is -0.292 e. The van der Waals surface area contributed by atoms with Crippen LogP contribution in [0.2, 0.25) is 19.6 Å². The van der Waals surface area contributed by atoms with Gasteiger partial charge in [0, 0.05) is 5.69 Å². The molecule has 1 aromatic carbocycles. The molecule has 0 saturated heterocycles. The molecule has 0 aliphatic carbocycles. The molecule has 8 heteroatoms. The first-order valence-electron chi connectivity index (χ1n) is 5.14. The molecular weight excluding hydrogens is 283 g/mol. The number of benzene rings is 1. The first-order valence-corrected chi connectivity index (χ1v) is 10.0. The Kier molecular flexibility index (Phi) is 3.82. The third kappa shape index (κ3) is 2.86. The summed E-state index contributed by atoms with van der Waals surface area (Å²) in [6.07, 6.45) is 0. The van der Waals surface area contributed by atoms with Crippen molar-refractivity contribution < 1.29 is 21.6 Å². The van der Waals surface area contributed by atoms with E-state index in [1.807, 2.05) is 0 Å². The van der Waals surface area contributed by atoms with Gasteiger partial charge in [-0.3, -0.25) is 3.97 Å². The first kappa shape index (κ1) is 15.0. The minimum absolute atomic E-state index is 0.0500. The number of anilines is 1. The van der Waals surface area contributed by atoms with E-state index < -0.39 is 23.8 Å². The second-order valence-corrected chi connectivity index (χ2v) is 11.6. The van der Waals surface area contributed by atoms with Gasteiger partial charge in [0.2, 0.25) is 0 Å². The van der Waals surface area contributed by atoms with Gasteiger partial charge in [-0.05, 0) is 12.1 Å². The SMILES string of the molecule is C[Si](C)(C)N(c1ccccc1)S(=O)(=O)C(F)(F)F. The van der Waals surface area contributed by atoms with Crippen molar-refractivity contribution in [3.8, 4) is 0 Å². The van der Waals surface area contributed by atoms with Crippen molar-refractivity contribution in [3.63, 3.8) is 0 Å². The molecule has 0 saturated carbocycles. The van der Waals surface area contributed by atoms with Gasteiger partial charge in [-0.25, -0.2) is 0 Å². The van der Waals surface area contributed by atoms with Crippen molar-refractivity contribution in [2.45, 2.75) is 25.1 Å². The molecule has 0 N–H and O–H groups in total. The highest BCUT2D eigenvalue weighted by Gasteiger charge is 2.53. The average molecular weight is 297 g/mol. The Balaban J connectivity index is 3.44. The normalized spacial score (nSPS) is 13.4. The van der Waals surface area contributed by atoms with Gasteiger partial charge < -0.3 is 0 Å². The molecule has 0 aliphatic rings. The van der Waals surface area contributed by atoms with Crippen LogP contribution in [0, 0.1) is 0 Å². The summed E-state index contributed by atoms with van der Waals surface area (Å²) in [5.74, 6) is 0. The summed E-state index contributed by atoms with van der Waals surface area (Å²) in [6.45, 7) is 4.63. The van der Waals surface area contributed by atoms with Crippen molar-refractivity contribution >= 4 is 23.9 Å². The maximum absolute atomic E-state index is 12.7. The minimum atomic E-state index is -5.35. The van der Waals surface area contributed by atoms with Crippen molar-refractivity contribution in [2.75, 3.05) is 3.97 Å². The predicted octanol–water partition coefficient (Wildman–Crippen LogP) is 3.18. The lowest BCUT2D eigenvalue weighted by Crippen LogP contribution is -2.54. The zero-order valence-electron chi connectivity index (χ0n) is 10.2. The number of hydrogen-bond acceptors (Lipinski definition) is 2. The predicted molar refractivity (Wildman–Crippen MR) is 67.2 cm³/mol. The number of halogens is 3. The third-order valence-corrected chi connectivity index (χ3v) is 7.25. The van der Waals surface area contributed by atoms with Crippen LogP contribution in [-0.4, -0.2) is 22.2 Å². The number of sulfonamides is 1. The molecule has 0 amide bonds. The summed E-state index contributed by atoms with van der Waals surface area (Å²) in [7, 11) is -8.10. The quantitative estimate of drug-likeness (QED) is 0.804. The summed E-state index contributed by atoms with van der Waals surface area (Å²) < 4.78 is 61.9. The van der Waals surface area contributed by atoms with E-state index in [-0.39, 0.29) is 5.69 Å². The van der Waals surface area contributed by atoms with Crippen LogP contribution in [0.25, 0.3) is 0 Å². The fraction of sp³-hybridized carbons (Fsp3) is 0.400. The second kappa shape index (κ2) is 4.58. The van der Waals surface area contributed by atoms with Crippen LogP contribution in [0.15, 0.2) is 30.3 Å². The summed E-state index contributed by atoms with van der Waals surface area (Å²) in [6, 6.07) is 7.36. The van der Waals surface area contributed by atoms with Gasteiger partial charge in [-0.15, -0.1) is 0 Å². The van der Waals surface area contributed by atoms with Crippen LogP contribution in [-0.2, 0) is 10.0 Å². The van der Waals surface area contributed by atoms with Crippen LogP contribution in [0.1, 0.15) is 0 Å². The number of rotatable bonds is 3. The summed E-state index contributed by atoms with van der Waals surface area (Å²) in [4.78, 5) is 0. The van der Waals surface area contributed by atoms with Crippen molar-refractivity contribution in [2.24, 2.45) is 0 Å². The van der Waals surface area contributed by atoms with Crippen LogP contribution >= 0.6 is 0 Å². The van der Waals surface area contributed by atoms with Gasteiger partial charge in [-0.2, -0.15) is 21.6 Å². The van der Waals surface area contributed by atoms with E-state index in [9.17, 15) is 21.6 Å². The Labute approximate surface area is 105 Å². The van der Waals surface area contributed by atoms with Crippen LogP contribution in [0.4, 0.5) is 18.9 Å². The number of alkyl halides is 3.